The molecule has 32 heavy (non-hydrogen) atoms. The molecule has 2 aliphatic rings. The monoisotopic (exact) mass is 427 g/mol. The number of nitrogens with zero attached hydrogens (tertiary/aromatic N) is 1. The first kappa shape index (κ1) is 20.3. The van der Waals surface area contributed by atoms with Gasteiger partial charge in [0.25, 0.3) is 0 Å². The van der Waals surface area contributed by atoms with Crippen molar-refractivity contribution >= 4 is 12.1 Å². The van der Waals surface area contributed by atoms with Crippen LogP contribution in [-0.4, -0.2) is 41.3 Å². The van der Waals surface area contributed by atoms with E-state index in [0.717, 1.165) is 40.7 Å². The summed E-state index contributed by atoms with van der Waals surface area (Å²) in [5.41, 5.74) is 5.54. The Morgan fingerprint density at radius 1 is 0.875 bits per heavy atom. The van der Waals surface area contributed by atoms with Crippen molar-refractivity contribution in [3.8, 4) is 11.1 Å². The number of amides is 1. The standard InChI is InChI=1S/C27H25NO4/c29-26(30)25-19(18-9-2-1-3-10-18)15-8-16-28(25)27(31)32-17-24-22-13-6-4-11-20(22)21-12-5-7-14-23(21)24/h1-7,9-14,19,24-25H,8,15-17H2,(H,29,30)/t19-,25+/m1/s1. The molecule has 3 aromatic rings. The lowest BCUT2D eigenvalue weighted by Gasteiger charge is -2.38. The predicted molar refractivity (Wildman–Crippen MR) is 122 cm³/mol. The third-order valence-corrected chi connectivity index (χ3v) is 6.68. The third kappa shape index (κ3) is 3.54. The molecule has 2 atom stereocenters. The first-order valence-electron chi connectivity index (χ1n) is 11.0. The molecule has 1 aliphatic carbocycles. The van der Waals surface area contributed by atoms with Crippen LogP contribution in [0.25, 0.3) is 11.1 Å². The number of aliphatic carboxylic acids is 1. The largest absolute Gasteiger partial charge is 0.480 e. The molecular weight excluding hydrogens is 402 g/mol. The van der Waals surface area contributed by atoms with Crippen LogP contribution >= 0.6 is 0 Å². The second-order valence-electron chi connectivity index (χ2n) is 8.44. The zero-order valence-corrected chi connectivity index (χ0v) is 17.7. The van der Waals surface area contributed by atoms with Crippen LogP contribution in [0.5, 0.6) is 0 Å². The molecule has 5 nitrogen and oxygen atoms in total. The zero-order valence-electron chi connectivity index (χ0n) is 17.7. The number of piperidine rings is 1. The second kappa shape index (κ2) is 8.50. The molecule has 1 heterocycles. The highest BCUT2D eigenvalue weighted by Gasteiger charge is 2.41. The summed E-state index contributed by atoms with van der Waals surface area (Å²) in [5, 5.41) is 9.98. The summed E-state index contributed by atoms with van der Waals surface area (Å²) in [5.74, 6) is -1.29. The highest BCUT2D eigenvalue weighted by atomic mass is 16.6. The summed E-state index contributed by atoms with van der Waals surface area (Å²) in [6.07, 6.45) is 0.918. The van der Waals surface area contributed by atoms with Crippen molar-refractivity contribution in [2.24, 2.45) is 0 Å². The topological polar surface area (TPSA) is 66.8 Å². The number of likely N-dealkylation sites (tertiary alicyclic amines) is 1. The Morgan fingerprint density at radius 2 is 1.47 bits per heavy atom. The minimum Gasteiger partial charge on any atom is -0.480 e. The fraction of sp³-hybridized carbons (Fsp3) is 0.259. The minimum atomic E-state index is -0.993. The number of carbonyl (C=O) groups is 2. The Hall–Kier alpha value is -3.60. The van der Waals surface area contributed by atoms with Crippen molar-refractivity contribution in [2.75, 3.05) is 13.2 Å². The second-order valence-corrected chi connectivity index (χ2v) is 8.44. The first-order valence-corrected chi connectivity index (χ1v) is 11.0. The van der Waals surface area contributed by atoms with Gasteiger partial charge in [0.05, 0.1) is 0 Å². The van der Waals surface area contributed by atoms with Gasteiger partial charge in [0.1, 0.15) is 12.6 Å². The van der Waals surface area contributed by atoms with E-state index in [-0.39, 0.29) is 18.4 Å². The van der Waals surface area contributed by atoms with Crippen molar-refractivity contribution in [3.63, 3.8) is 0 Å². The van der Waals surface area contributed by atoms with Crippen LogP contribution in [-0.2, 0) is 9.53 Å². The molecule has 0 aromatic heterocycles. The maximum Gasteiger partial charge on any atom is 0.410 e. The van der Waals surface area contributed by atoms with Gasteiger partial charge in [-0.05, 0) is 40.7 Å². The van der Waals surface area contributed by atoms with E-state index in [2.05, 4.69) is 24.3 Å². The number of fused-ring (bicyclic) bond motifs is 3. The van der Waals surface area contributed by atoms with E-state index < -0.39 is 18.1 Å². The van der Waals surface area contributed by atoms with Crippen LogP contribution in [0.3, 0.4) is 0 Å². The van der Waals surface area contributed by atoms with E-state index in [1.165, 1.54) is 4.90 Å². The van der Waals surface area contributed by atoms with Gasteiger partial charge >= 0.3 is 12.1 Å². The maximum atomic E-state index is 13.1. The van der Waals surface area contributed by atoms with Crippen molar-refractivity contribution < 1.29 is 19.4 Å². The van der Waals surface area contributed by atoms with E-state index in [1.807, 2.05) is 54.6 Å². The van der Waals surface area contributed by atoms with Crippen molar-refractivity contribution in [2.45, 2.75) is 30.7 Å². The highest BCUT2D eigenvalue weighted by molar-refractivity contribution is 5.82. The van der Waals surface area contributed by atoms with Crippen molar-refractivity contribution in [1.29, 1.82) is 0 Å². The molecule has 1 fully saturated rings. The molecule has 1 aliphatic heterocycles. The molecule has 0 radical (unpaired) electrons. The molecule has 0 unspecified atom stereocenters. The lowest BCUT2D eigenvalue weighted by Crippen LogP contribution is -2.52. The Kier molecular flexibility index (Phi) is 5.39. The lowest BCUT2D eigenvalue weighted by molar-refractivity contribution is -0.144. The fourth-order valence-corrected chi connectivity index (χ4v) is 5.23. The summed E-state index contributed by atoms with van der Waals surface area (Å²) in [6, 6.07) is 25.0. The van der Waals surface area contributed by atoms with Crippen molar-refractivity contribution in [3.05, 3.63) is 95.6 Å². The molecule has 3 aromatic carbocycles. The lowest BCUT2D eigenvalue weighted by atomic mass is 9.83. The number of benzene rings is 3. The summed E-state index contributed by atoms with van der Waals surface area (Å²) in [7, 11) is 0. The Morgan fingerprint density at radius 3 is 2.09 bits per heavy atom. The number of rotatable bonds is 4. The number of carboxylic acid groups (broad SMARTS) is 1. The van der Waals surface area contributed by atoms with Gasteiger partial charge in [0.2, 0.25) is 0 Å². The highest BCUT2D eigenvalue weighted by Crippen LogP contribution is 2.44. The van der Waals surface area contributed by atoms with E-state index in [9.17, 15) is 14.7 Å². The molecule has 1 saturated heterocycles. The van der Waals surface area contributed by atoms with Gasteiger partial charge in [-0.3, -0.25) is 4.90 Å². The minimum absolute atomic E-state index is 0.0515. The Bertz CT molecular complexity index is 1100. The van der Waals surface area contributed by atoms with Crippen LogP contribution in [0.1, 0.15) is 41.4 Å². The third-order valence-electron chi connectivity index (χ3n) is 6.68. The maximum absolute atomic E-state index is 13.1. The zero-order chi connectivity index (χ0) is 22.1. The average Bonchev–Trinajstić information content (AvgIpc) is 3.16. The average molecular weight is 428 g/mol. The van der Waals surface area contributed by atoms with Gasteiger partial charge in [-0.15, -0.1) is 0 Å². The molecule has 0 spiro atoms. The van der Waals surface area contributed by atoms with Gasteiger partial charge in [-0.2, -0.15) is 0 Å². The van der Waals surface area contributed by atoms with Crippen molar-refractivity contribution in [1.82, 2.24) is 4.90 Å². The number of carbonyl (C=O) groups excluding carboxylic acids is 1. The molecule has 1 amide bonds. The molecular formula is C27H25NO4. The molecule has 0 saturated carbocycles. The normalized spacial score (nSPS) is 19.8. The Labute approximate surface area is 187 Å². The summed E-state index contributed by atoms with van der Waals surface area (Å²) >= 11 is 0. The summed E-state index contributed by atoms with van der Waals surface area (Å²) < 4.78 is 5.77. The fourth-order valence-electron chi connectivity index (χ4n) is 5.23. The number of hydrogen-bond donors (Lipinski definition) is 1. The SMILES string of the molecule is O=C(O)[C@@H]1[C@@H](c2ccccc2)CCCN1C(=O)OCC1c2ccccc2-c2ccccc21. The van der Waals surface area contributed by atoms with Gasteiger partial charge < -0.3 is 9.84 Å². The van der Waals surface area contributed by atoms with Gasteiger partial charge in [0.15, 0.2) is 0 Å². The Balaban J connectivity index is 1.36. The molecule has 162 valence electrons. The van der Waals surface area contributed by atoms with Crippen LogP contribution in [0.4, 0.5) is 4.79 Å². The predicted octanol–water partition coefficient (Wildman–Crippen LogP) is 5.27. The smallest absolute Gasteiger partial charge is 0.410 e. The number of carboxylic acids is 1. The van der Waals surface area contributed by atoms with Crippen LogP contribution in [0, 0.1) is 0 Å². The van der Waals surface area contributed by atoms with Gasteiger partial charge in [-0.1, -0.05) is 78.9 Å². The van der Waals surface area contributed by atoms with Gasteiger partial charge in [-0.25, -0.2) is 9.59 Å². The van der Waals surface area contributed by atoms with E-state index >= 15 is 0 Å². The first-order chi connectivity index (χ1) is 15.6. The number of hydrogen-bond acceptors (Lipinski definition) is 3. The molecule has 5 heteroatoms. The quantitative estimate of drug-likeness (QED) is 0.616. The molecule has 5 rings (SSSR count). The van der Waals surface area contributed by atoms with Gasteiger partial charge in [0, 0.05) is 18.4 Å². The van der Waals surface area contributed by atoms with Crippen LogP contribution in [0.2, 0.25) is 0 Å². The summed E-state index contributed by atoms with van der Waals surface area (Å²) in [6.45, 7) is 0.572. The number of ether oxygens (including phenoxy) is 1. The van der Waals surface area contributed by atoms with Crippen LogP contribution in [0.15, 0.2) is 78.9 Å². The molecule has 1 N–H and O–H groups in total. The summed E-state index contributed by atoms with van der Waals surface area (Å²) in [4.78, 5) is 26.7. The van der Waals surface area contributed by atoms with E-state index in [0.29, 0.717) is 6.54 Å². The molecule has 0 bridgehead atoms. The van der Waals surface area contributed by atoms with E-state index in [4.69, 9.17) is 4.74 Å². The van der Waals surface area contributed by atoms with Crippen LogP contribution < -0.4 is 0 Å². The van der Waals surface area contributed by atoms with E-state index in [1.54, 1.807) is 0 Å².